The molecular formula is C31H46N4O2S. The minimum Gasteiger partial charge on any atom is -0.506 e. The lowest BCUT2D eigenvalue weighted by molar-refractivity contribution is -0.111. The van der Waals surface area contributed by atoms with E-state index in [0.717, 1.165) is 24.4 Å². The highest BCUT2D eigenvalue weighted by Gasteiger charge is 2.38. The van der Waals surface area contributed by atoms with E-state index < -0.39 is 0 Å². The average molecular weight is 539 g/mol. The van der Waals surface area contributed by atoms with E-state index in [1.807, 2.05) is 13.0 Å². The van der Waals surface area contributed by atoms with Crippen LogP contribution in [0.4, 0.5) is 0 Å². The van der Waals surface area contributed by atoms with Crippen molar-refractivity contribution in [1.29, 1.82) is 0 Å². The summed E-state index contributed by atoms with van der Waals surface area (Å²) in [6.07, 6.45) is 27.7. The van der Waals surface area contributed by atoms with Crippen LogP contribution in [0.1, 0.15) is 127 Å². The van der Waals surface area contributed by atoms with Gasteiger partial charge < -0.3 is 5.11 Å². The van der Waals surface area contributed by atoms with Crippen LogP contribution in [0.15, 0.2) is 39.0 Å². The number of dihydropyridines is 1. The number of unbranched alkanes of at least 4 members (excludes halogenated alkanes) is 15. The lowest BCUT2D eigenvalue weighted by atomic mass is 9.84. The molecule has 3 rings (SSSR count). The molecule has 0 radical (unpaired) electrons. The molecule has 0 amide bonds. The van der Waals surface area contributed by atoms with E-state index in [0.29, 0.717) is 22.0 Å². The third kappa shape index (κ3) is 9.40. The number of rotatable bonds is 19. The van der Waals surface area contributed by atoms with Gasteiger partial charge in [0.05, 0.1) is 5.57 Å². The van der Waals surface area contributed by atoms with E-state index in [1.54, 1.807) is 12.3 Å². The molecule has 0 unspecified atom stereocenters. The molecule has 1 aliphatic heterocycles. The van der Waals surface area contributed by atoms with Crippen molar-refractivity contribution in [3.8, 4) is 0 Å². The highest BCUT2D eigenvalue weighted by Crippen LogP contribution is 2.39. The number of aryl methyl sites for hydroxylation is 1. The van der Waals surface area contributed by atoms with Gasteiger partial charge in [-0.05, 0) is 25.0 Å². The van der Waals surface area contributed by atoms with E-state index in [4.69, 9.17) is 0 Å². The normalized spacial score (nSPS) is 18.2. The van der Waals surface area contributed by atoms with Gasteiger partial charge in [-0.3, -0.25) is 9.79 Å². The van der Waals surface area contributed by atoms with Gasteiger partial charge in [-0.2, -0.15) is 0 Å². The predicted molar refractivity (Wildman–Crippen MR) is 160 cm³/mol. The van der Waals surface area contributed by atoms with E-state index in [-0.39, 0.29) is 17.1 Å². The van der Waals surface area contributed by atoms with E-state index in [1.165, 1.54) is 108 Å². The summed E-state index contributed by atoms with van der Waals surface area (Å²) < 4.78 is 0. The molecule has 7 heteroatoms. The summed E-state index contributed by atoms with van der Waals surface area (Å²) in [6.45, 7) is 5.03. The quantitative estimate of drug-likeness (QED) is 0.141. The van der Waals surface area contributed by atoms with Crippen LogP contribution < -0.4 is 0 Å². The second kappa shape index (κ2) is 17.2. The van der Waals surface area contributed by atoms with Crippen LogP contribution >= 0.6 is 11.3 Å². The Kier molecular flexibility index (Phi) is 13.7. The number of hydrogen-bond donors (Lipinski definition) is 1. The molecule has 38 heavy (non-hydrogen) atoms. The van der Waals surface area contributed by atoms with Crippen molar-refractivity contribution in [2.45, 2.75) is 123 Å². The fourth-order valence-corrected chi connectivity index (χ4v) is 5.67. The van der Waals surface area contributed by atoms with Crippen molar-refractivity contribution in [2.75, 3.05) is 6.54 Å². The molecule has 6 nitrogen and oxygen atoms in total. The molecule has 1 aliphatic carbocycles. The van der Waals surface area contributed by atoms with Gasteiger partial charge in [0.25, 0.3) is 0 Å². The largest absolute Gasteiger partial charge is 0.506 e. The van der Waals surface area contributed by atoms with Crippen LogP contribution in [0.5, 0.6) is 0 Å². The summed E-state index contributed by atoms with van der Waals surface area (Å²) >= 11 is 1.34. The van der Waals surface area contributed by atoms with Gasteiger partial charge in [0.2, 0.25) is 5.78 Å². The number of aromatic nitrogens is 2. The number of aliphatic hydroxyl groups excluding tert-OH is 1. The maximum atomic E-state index is 12.6. The van der Waals surface area contributed by atoms with Gasteiger partial charge in [-0.25, -0.2) is 4.99 Å². The van der Waals surface area contributed by atoms with Gasteiger partial charge in [-0.15, -0.1) is 10.2 Å². The molecule has 0 saturated carbocycles. The van der Waals surface area contributed by atoms with E-state index in [9.17, 15) is 9.90 Å². The Labute approximate surface area is 233 Å². The number of hydrogen-bond acceptors (Lipinski definition) is 6. The monoisotopic (exact) mass is 538 g/mol. The summed E-state index contributed by atoms with van der Waals surface area (Å²) in [6, 6.07) is 0. The van der Waals surface area contributed by atoms with Crippen molar-refractivity contribution < 1.29 is 9.90 Å². The molecule has 0 aromatic carbocycles. The second-order valence-electron chi connectivity index (χ2n) is 10.4. The summed E-state index contributed by atoms with van der Waals surface area (Å²) in [5.74, 6) is 0.442. The smallest absolute Gasteiger partial charge is 0.204 e. The van der Waals surface area contributed by atoms with Crippen molar-refractivity contribution >= 4 is 34.7 Å². The Hall–Kier alpha value is -2.41. The Balaban J connectivity index is 1.23. The average Bonchev–Trinajstić information content (AvgIpc) is 3.39. The molecule has 0 saturated heterocycles. The molecule has 2 heterocycles. The molecule has 0 spiro atoms. The number of allylic oxidation sites excluding steroid dienone is 4. The van der Waals surface area contributed by atoms with Crippen LogP contribution in [0, 0.1) is 0 Å². The number of Topliss-reactive ketones (excluding diaryl/α,β-unsaturated/α-hetero) is 1. The van der Waals surface area contributed by atoms with Gasteiger partial charge in [0, 0.05) is 18.3 Å². The van der Waals surface area contributed by atoms with Gasteiger partial charge >= 0.3 is 0 Å². The second-order valence-corrected chi connectivity index (χ2v) is 11.4. The van der Waals surface area contributed by atoms with Gasteiger partial charge in [-0.1, -0.05) is 121 Å². The standard InChI is InChI=1S/C31H46N4O2S/c1-3-5-6-7-8-9-10-11-12-13-14-15-16-17-18-19-22-32-25-21-20-24(23-33-25)27-29(36)28(30(27)37)31-35-34-26(4-2)38-31/h20-21,23,36H,3-19,22H2,1-2H3/b27-24-,32-25?. The molecule has 2 aliphatic rings. The maximum Gasteiger partial charge on any atom is 0.204 e. The number of ketones is 1. The lowest BCUT2D eigenvalue weighted by Crippen LogP contribution is -2.23. The molecule has 208 valence electrons. The number of aliphatic hydroxyl groups is 1. The SMILES string of the molecule is CCCCCCCCCCCCCCCCCCN=C1C=C/C(=C2/C(=O)C(c3nnc(CC)s3)=C2O)C=N1. The highest BCUT2D eigenvalue weighted by molar-refractivity contribution is 7.12. The van der Waals surface area contributed by atoms with Crippen LogP contribution in [-0.2, 0) is 11.2 Å². The third-order valence-corrected chi connectivity index (χ3v) is 8.32. The number of amidine groups is 1. The van der Waals surface area contributed by atoms with Crippen molar-refractivity contribution in [1.82, 2.24) is 10.2 Å². The zero-order valence-electron chi connectivity index (χ0n) is 23.5. The predicted octanol–water partition coefficient (Wildman–Crippen LogP) is 8.55. The Morgan fingerprint density at radius 3 is 1.82 bits per heavy atom. The number of carbonyl (C=O) groups excluding carboxylic acids is 1. The fourth-order valence-electron chi connectivity index (χ4n) is 4.85. The number of nitrogens with zero attached hydrogens (tertiary/aromatic N) is 4. The van der Waals surface area contributed by atoms with Gasteiger partial charge in [0.15, 0.2) is 5.01 Å². The van der Waals surface area contributed by atoms with Crippen molar-refractivity contribution in [3.63, 3.8) is 0 Å². The summed E-state index contributed by atoms with van der Waals surface area (Å²) in [4.78, 5) is 21.6. The Morgan fingerprint density at radius 1 is 0.763 bits per heavy atom. The first-order valence-electron chi connectivity index (χ1n) is 15.0. The summed E-state index contributed by atoms with van der Waals surface area (Å²) in [5.41, 5.74) is 1.16. The molecule has 0 atom stereocenters. The van der Waals surface area contributed by atoms with E-state index in [2.05, 4.69) is 27.1 Å². The van der Waals surface area contributed by atoms with Gasteiger partial charge in [0.1, 0.15) is 22.2 Å². The lowest BCUT2D eigenvalue weighted by Gasteiger charge is -2.21. The zero-order valence-corrected chi connectivity index (χ0v) is 24.3. The first-order valence-corrected chi connectivity index (χ1v) is 15.8. The Bertz CT molecular complexity index is 1030. The molecule has 1 aromatic rings. The first-order chi connectivity index (χ1) is 18.7. The minimum absolute atomic E-state index is 0.0199. The first kappa shape index (κ1) is 30.1. The topological polar surface area (TPSA) is 87.8 Å². The summed E-state index contributed by atoms with van der Waals surface area (Å²) in [7, 11) is 0. The number of carbonyl (C=O) groups is 1. The van der Waals surface area contributed by atoms with Crippen LogP contribution in [0.3, 0.4) is 0 Å². The van der Waals surface area contributed by atoms with Crippen molar-refractivity contribution in [2.24, 2.45) is 9.98 Å². The molecular weight excluding hydrogens is 492 g/mol. The van der Waals surface area contributed by atoms with E-state index >= 15 is 0 Å². The zero-order chi connectivity index (χ0) is 27.0. The highest BCUT2D eigenvalue weighted by atomic mass is 32.1. The van der Waals surface area contributed by atoms with Crippen LogP contribution in [0.2, 0.25) is 0 Å². The van der Waals surface area contributed by atoms with Crippen molar-refractivity contribution in [3.05, 3.63) is 39.1 Å². The Morgan fingerprint density at radius 2 is 1.34 bits per heavy atom. The minimum atomic E-state index is -0.207. The molecule has 0 bridgehead atoms. The summed E-state index contributed by atoms with van der Waals surface area (Å²) in [5, 5.41) is 19.9. The molecule has 0 fully saturated rings. The number of aliphatic imine (C=N–C) groups is 2. The molecule has 1 N–H and O–H groups in total. The van der Waals surface area contributed by atoms with Crippen LogP contribution in [-0.4, -0.2) is 39.7 Å². The van der Waals surface area contributed by atoms with Crippen LogP contribution in [0.25, 0.3) is 5.57 Å². The maximum absolute atomic E-state index is 12.6. The third-order valence-electron chi connectivity index (χ3n) is 7.23. The molecule has 1 aromatic heterocycles. The fraction of sp³-hybridized carbons (Fsp3) is 0.645.